The first-order valence-corrected chi connectivity index (χ1v) is 10.3. The van der Waals surface area contributed by atoms with Gasteiger partial charge in [-0.2, -0.15) is 0 Å². The third-order valence-electron chi connectivity index (χ3n) is 4.21. The predicted octanol–water partition coefficient (Wildman–Crippen LogP) is 5.93. The standard InChI is InChI=1S/C22H17ClFN3OS/c23-17-10-12-19(13-11-17)28-14-21-25-26-22(27(21)18-7-2-1-3-8-18)29-15-16-6-4-5-9-20(16)24/h1-13H,14-15H2. The van der Waals surface area contributed by atoms with Crippen molar-refractivity contribution >= 4 is 23.4 Å². The Kier molecular flexibility index (Phi) is 6.12. The molecule has 0 saturated carbocycles. The second-order valence-corrected chi connectivity index (χ2v) is 7.57. The van der Waals surface area contributed by atoms with Gasteiger partial charge in [-0.05, 0) is 48.0 Å². The average molecular weight is 426 g/mol. The highest BCUT2D eigenvalue weighted by Crippen LogP contribution is 2.27. The third-order valence-corrected chi connectivity index (χ3v) is 5.44. The average Bonchev–Trinajstić information content (AvgIpc) is 3.16. The van der Waals surface area contributed by atoms with E-state index in [0.29, 0.717) is 33.1 Å². The van der Waals surface area contributed by atoms with Gasteiger partial charge in [0, 0.05) is 16.5 Å². The Morgan fingerprint density at radius 3 is 2.38 bits per heavy atom. The predicted molar refractivity (Wildman–Crippen MR) is 113 cm³/mol. The van der Waals surface area contributed by atoms with Gasteiger partial charge in [0.25, 0.3) is 0 Å². The molecule has 1 aromatic heterocycles. The number of hydrogen-bond donors (Lipinski definition) is 0. The second kappa shape index (κ2) is 9.11. The van der Waals surface area contributed by atoms with Crippen molar-refractivity contribution in [1.82, 2.24) is 14.8 Å². The maximum absolute atomic E-state index is 14.0. The summed E-state index contributed by atoms with van der Waals surface area (Å²) in [4.78, 5) is 0. The van der Waals surface area contributed by atoms with E-state index in [-0.39, 0.29) is 12.4 Å². The van der Waals surface area contributed by atoms with Crippen molar-refractivity contribution in [1.29, 1.82) is 0 Å². The van der Waals surface area contributed by atoms with Crippen LogP contribution in [0.5, 0.6) is 5.75 Å². The van der Waals surface area contributed by atoms with Gasteiger partial charge in [-0.25, -0.2) is 4.39 Å². The third kappa shape index (κ3) is 4.78. The van der Waals surface area contributed by atoms with Crippen LogP contribution in [0.2, 0.25) is 5.02 Å². The quantitative estimate of drug-likeness (QED) is 0.344. The summed E-state index contributed by atoms with van der Waals surface area (Å²) in [7, 11) is 0. The highest BCUT2D eigenvalue weighted by molar-refractivity contribution is 7.98. The minimum atomic E-state index is -0.225. The van der Waals surface area contributed by atoms with Gasteiger partial charge in [-0.3, -0.25) is 4.57 Å². The van der Waals surface area contributed by atoms with Crippen LogP contribution in [0.3, 0.4) is 0 Å². The van der Waals surface area contributed by atoms with Gasteiger partial charge < -0.3 is 4.74 Å². The fourth-order valence-corrected chi connectivity index (χ4v) is 3.84. The van der Waals surface area contributed by atoms with Crippen LogP contribution in [0.25, 0.3) is 5.69 Å². The molecule has 0 aliphatic carbocycles. The molecule has 0 aliphatic heterocycles. The van der Waals surface area contributed by atoms with Gasteiger partial charge in [-0.1, -0.05) is 59.8 Å². The number of hydrogen-bond acceptors (Lipinski definition) is 4. The minimum absolute atomic E-state index is 0.225. The monoisotopic (exact) mass is 425 g/mol. The van der Waals surface area contributed by atoms with E-state index in [0.717, 1.165) is 5.69 Å². The lowest BCUT2D eigenvalue weighted by molar-refractivity contribution is 0.293. The minimum Gasteiger partial charge on any atom is -0.486 e. The lowest BCUT2D eigenvalue weighted by Crippen LogP contribution is -2.06. The zero-order valence-electron chi connectivity index (χ0n) is 15.3. The molecule has 0 aliphatic rings. The van der Waals surface area contributed by atoms with Gasteiger partial charge in [0.2, 0.25) is 0 Å². The molecule has 0 saturated heterocycles. The number of halogens is 2. The summed E-state index contributed by atoms with van der Waals surface area (Å²) in [5.74, 6) is 1.58. The van der Waals surface area contributed by atoms with E-state index in [9.17, 15) is 4.39 Å². The second-order valence-electron chi connectivity index (χ2n) is 6.19. The SMILES string of the molecule is Fc1ccccc1CSc1nnc(COc2ccc(Cl)cc2)n1-c1ccccc1. The van der Waals surface area contributed by atoms with Crippen LogP contribution in [0.4, 0.5) is 4.39 Å². The lowest BCUT2D eigenvalue weighted by atomic mass is 10.2. The molecule has 0 spiro atoms. The Labute approximate surface area is 177 Å². The first kappa shape index (κ1) is 19.5. The summed E-state index contributed by atoms with van der Waals surface area (Å²) in [6, 6.07) is 23.7. The van der Waals surface area contributed by atoms with Crippen molar-refractivity contribution in [2.45, 2.75) is 17.5 Å². The van der Waals surface area contributed by atoms with Crippen molar-refractivity contribution in [3.05, 3.63) is 101 Å². The summed E-state index contributed by atoms with van der Waals surface area (Å²) in [5.41, 5.74) is 1.54. The Morgan fingerprint density at radius 1 is 0.897 bits per heavy atom. The zero-order chi connectivity index (χ0) is 20.1. The van der Waals surface area contributed by atoms with Gasteiger partial charge in [-0.15, -0.1) is 10.2 Å². The first-order chi connectivity index (χ1) is 14.2. The number of thioether (sulfide) groups is 1. The number of rotatable bonds is 7. The maximum Gasteiger partial charge on any atom is 0.196 e. The Balaban J connectivity index is 1.58. The van der Waals surface area contributed by atoms with Gasteiger partial charge in [0.1, 0.15) is 18.2 Å². The highest BCUT2D eigenvalue weighted by atomic mass is 35.5. The summed E-state index contributed by atoms with van der Waals surface area (Å²) in [5, 5.41) is 9.95. The van der Waals surface area contributed by atoms with Crippen LogP contribution >= 0.6 is 23.4 Å². The van der Waals surface area contributed by atoms with E-state index >= 15 is 0 Å². The van der Waals surface area contributed by atoms with Crippen LogP contribution < -0.4 is 4.74 Å². The molecule has 0 atom stereocenters. The van der Waals surface area contributed by atoms with E-state index in [1.165, 1.54) is 17.8 Å². The van der Waals surface area contributed by atoms with Crippen LogP contribution in [-0.2, 0) is 12.4 Å². The van der Waals surface area contributed by atoms with Crippen LogP contribution in [0.15, 0.2) is 84.0 Å². The molecule has 4 rings (SSSR count). The Bertz CT molecular complexity index is 1090. The number of ether oxygens (including phenoxy) is 1. The molecule has 0 bridgehead atoms. The van der Waals surface area contributed by atoms with E-state index in [2.05, 4.69) is 10.2 Å². The number of aromatic nitrogens is 3. The molecule has 0 unspecified atom stereocenters. The topological polar surface area (TPSA) is 39.9 Å². The summed E-state index contributed by atoms with van der Waals surface area (Å²) >= 11 is 7.35. The fraction of sp³-hybridized carbons (Fsp3) is 0.0909. The summed E-state index contributed by atoms with van der Waals surface area (Å²) in [6.07, 6.45) is 0. The lowest BCUT2D eigenvalue weighted by Gasteiger charge is -2.11. The van der Waals surface area contributed by atoms with Crippen LogP contribution in [0.1, 0.15) is 11.4 Å². The summed E-state index contributed by atoms with van der Waals surface area (Å²) in [6.45, 7) is 0.240. The molecule has 1 heterocycles. The molecule has 0 amide bonds. The largest absolute Gasteiger partial charge is 0.486 e. The van der Waals surface area contributed by atoms with E-state index in [4.69, 9.17) is 16.3 Å². The molecule has 0 N–H and O–H groups in total. The van der Waals surface area contributed by atoms with Crippen molar-refractivity contribution in [3.63, 3.8) is 0 Å². The van der Waals surface area contributed by atoms with E-state index < -0.39 is 0 Å². The zero-order valence-corrected chi connectivity index (χ0v) is 16.9. The number of benzene rings is 3. The Hall–Kier alpha value is -2.83. The van der Waals surface area contributed by atoms with E-state index in [1.807, 2.05) is 41.0 Å². The summed E-state index contributed by atoms with van der Waals surface area (Å²) < 4.78 is 21.8. The van der Waals surface area contributed by atoms with Crippen molar-refractivity contribution in [2.75, 3.05) is 0 Å². The smallest absolute Gasteiger partial charge is 0.196 e. The molecular weight excluding hydrogens is 409 g/mol. The molecule has 0 fully saturated rings. The molecule has 7 heteroatoms. The molecule has 146 valence electrons. The van der Waals surface area contributed by atoms with Crippen molar-refractivity contribution in [3.8, 4) is 11.4 Å². The van der Waals surface area contributed by atoms with Crippen molar-refractivity contribution in [2.24, 2.45) is 0 Å². The molecule has 29 heavy (non-hydrogen) atoms. The molecule has 4 aromatic rings. The molecule has 4 nitrogen and oxygen atoms in total. The number of para-hydroxylation sites is 1. The fourth-order valence-electron chi connectivity index (χ4n) is 2.76. The van der Waals surface area contributed by atoms with Crippen molar-refractivity contribution < 1.29 is 9.13 Å². The van der Waals surface area contributed by atoms with Gasteiger partial charge >= 0.3 is 0 Å². The Morgan fingerprint density at radius 2 is 1.62 bits per heavy atom. The van der Waals surface area contributed by atoms with E-state index in [1.54, 1.807) is 36.4 Å². The van der Waals surface area contributed by atoms with Crippen LogP contribution in [-0.4, -0.2) is 14.8 Å². The molecule has 3 aromatic carbocycles. The molecule has 0 radical (unpaired) electrons. The van der Waals surface area contributed by atoms with Gasteiger partial charge in [0.05, 0.1) is 0 Å². The molecular formula is C22H17ClFN3OS. The maximum atomic E-state index is 14.0. The normalized spacial score (nSPS) is 10.8. The highest BCUT2D eigenvalue weighted by Gasteiger charge is 2.16. The number of nitrogens with zero attached hydrogens (tertiary/aromatic N) is 3. The van der Waals surface area contributed by atoms with Gasteiger partial charge in [0.15, 0.2) is 11.0 Å². The first-order valence-electron chi connectivity index (χ1n) is 8.95. The van der Waals surface area contributed by atoms with Crippen LogP contribution in [0, 0.1) is 5.82 Å².